The first-order valence-electron chi connectivity index (χ1n) is 7.20. The predicted molar refractivity (Wildman–Crippen MR) is 73.6 cm³/mol. The normalized spacial score (nSPS) is 24.5. The van der Waals surface area contributed by atoms with Gasteiger partial charge in [-0.25, -0.2) is 0 Å². The summed E-state index contributed by atoms with van der Waals surface area (Å²) in [6.07, 6.45) is 3.36. The molecule has 1 rings (SSSR count). The zero-order valence-corrected chi connectivity index (χ0v) is 12.0. The zero-order chi connectivity index (χ0) is 14.4. The molecule has 1 fully saturated rings. The third-order valence-electron chi connectivity index (χ3n) is 4.20. The van der Waals surface area contributed by atoms with E-state index in [9.17, 15) is 9.59 Å². The number of hydrogen-bond acceptors (Lipinski definition) is 3. The molecule has 0 aliphatic carbocycles. The van der Waals surface area contributed by atoms with Crippen LogP contribution in [0.1, 0.15) is 39.5 Å². The molecule has 5 heteroatoms. The highest BCUT2D eigenvalue weighted by Gasteiger charge is 2.36. The molecule has 0 bridgehead atoms. The number of carboxylic acid groups (broad SMARTS) is 1. The van der Waals surface area contributed by atoms with Gasteiger partial charge in [-0.2, -0.15) is 0 Å². The van der Waals surface area contributed by atoms with E-state index in [1.165, 1.54) is 0 Å². The maximum absolute atomic E-state index is 12.1. The molecule has 110 valence electrons. The third-order valence-corrected chi connectivity index (χ3v) is 4.20. The first-order valence-corrected chi connectivity index (χ1v) is 7.20. The van der Waals surface area contributed by atoms with Crippen LogP contribution >= 0.6 is 0 Å². The van der Waals surface area contributed by atoms with Crippen molar-refractivity contribution in [2.75, 3.05) is 19.6 Å². The molecule has 3 N–H and O–H groups in total. The van der Waals surface area contributed by atoms with Gasteiger partial charge in [0.1, 0.15) is 0 Å². The number of likely N-dealkylation sites (tertiary alicyclic amines) is 1. The Kier molecular flexibility index (Phi) is 6.28. The van der Waals surface area contributed by atoms with Gasteiger partial charge in [0.2, 0.25) is 5.91 Å². The number of aliphatic carboxylic acids is 1. The Bertz CT molecular complexity index is 320. The van der Waals surface area contributed by atoms with Gasteiger partial charge in [0.25, 0.3) is 0 Å². The largest absolute Gasteiger partial charge is 0.481 e. The first kappa shape index (κ1) is 16.0. The highest BCUT2D eigenvalue weighted by molar-refractivity contribution is 5.79. The summed E-state index contributed by atoms with van der Waals surface area (Å²) < 4.78 is 0. The molecule has 1 amide bonds. The smallest absolute Gasteiger partial charge is 0.308 e. The van der Waals surface area contributed by atoms with Crippen LogP contribution in [0.15, 0.2) is 0 Å². The van der Waals surface area contributed by atoms with E-state index in [-0.39, 0.29) is 11.8 Å². The van der Waals surface area contributed by atoms with Gasteiger partial charge in [-0.05, 0) is 31.2 Å². The molecule has 0 aromatic heterocycles. The van der Waals surface area contributed by atoms with Crippen LogP contribution in [0.4, 0.5) is 0 Å². The quantitative estimate of drug-likeness (QED) is 0.731. The number of amides is 1. The third kappa shape index (κ3) is 4.49. The molecule has 19 heavy (non-hydrogen) atoms. The van der Waals surface area contributed by atoms with Crippen LogP contribution in [0.5, 0.6) is 0 Å². The Hall–Kier alpha value is -1.10. The fourth-order valence-electron chi connectivity index (χ4n) is 2.77. The predicted octanol–water partition coefficient (Wildman–Crippen LogP) is 1.32. The average molecular weight is 270 g/mol. The number of carboxylic acids is 1. The maximum Gasteiger partial charge on any atom is 0.308 e. The summed E-state index contributed by atoms with van der Waals surface area (Å²) in [4.78, 5) is 24.8. The lowest BCUT2D eigenvalue weighted by atomic mass is 9.96. The molecule has 0 aromatic rings. The first-order chi connectivity index (χ1) is 8.99. The summed E-state index contributed by atoms with van der Waals surface area (Å²) in [5, 5.41) is 9.06. The molecule has 5 nitrogen and oxygen atoms in total. The van der Waals surface area contributed by atoms with Gasteiger partial charge in [-0.3, -0.25) is 9.59 Å². The number of carbonyl (C=O) groups excluding carboxylic acids is 1. The summed E-state index contributed by atoms with van der Waals surface area (Å²) in [7, 11) is 0. The van der Waals surface area contributed by atoms with E-state index in [0.29, 0.717) is 32.0 Å². The van der Waals surface area contributed by atoms with Crippen LogP contribution in [-0.4, -0.2) is 41.5 Å². The molecule has 1 heterocycles. The van der Waals surface area contributed by atoms with Gasteiger partial charge in [-0.15, -0.1) is 0 Å². The molecule has 1 saturated heterocycles. The van der Waals surface area contributed by atoms with Crippen LogP contribution in [0.3, 0.4) is 0 Å². The highest BCUT2D eigenvalue weighted by atomic mass is 16.4. The minimum Gasteiger partial charge on any atom is -0.481 e. The standard InChI is InChI=1S/C14H26N2O3/c1-3-11(6-7-15)4-5-13(17)16-8-10(2)12(9-16)14(18)19/h10-12H,3-9,15H2,1-2H3,(H,18,19). The molecule has 3 atom stereocenters. The van der Waals surface area contributed by atoms with E-state index in [4.69, 9.17) is 10.8 Å². The van der Waals surface area contributed by atoms with Crippen molar-refractivity contribution in [3.8, 4) is 0 Å². The van der Waals surface area contributed by atoms with Gasteiger partial charge in [0.15, 0.2) is 0 Å². The minimum absolute atomic E-state index is 0.0486. The summed E-state index contributed by atoms with van der Waals surface area (Å²) in [6, 6.07) is 0. The zero-order valence-electron chi connectivity index (χ0n) is 12.0. The summed E-state index contributed by atoms with van der Waals surface area (Å²) in [6.45, 7) is 5.61. The molecule has 0 spiro atoms. The Balaban J connectivity index is 2.40. The van der Waals surface area contributed by atoms with E-state index < -0.39 is 11.9 Å². The van der Waals surface area contributed by atoms with E-state index in [2.05, 4.69) is 6.92 Å². The van der Waals surface area contributed by atoms with Gasteiger partial charge in [0.05, 0.1) is 5.92 Å². The lowest BCUT2D eigenvalue weighted by Crippen LogP contribution is -2.30. The van der Waals surface area contributed by atoms with Crippen molar-refractivity contribution in [2.24, 2.45) is 23.5 Å². The Morgan fingerprint density at radius 1 is 1.37 bits per heavy atom. The van der Waals surface area contributed by atoms with Gasteiger partial charge in [0, 0.05) is 19.5 Å². The van der Waals surface area contributed by atoms with Gasteiger partial charge < -0.3 is 15.7 Å². The van der Waals surface area contributed by atoms with Crippen molar-refractivity contribution < 1.29 is 14.7 Å². The Labute approximate surface area is 115 Å². The maximum atomic E-state index is 12.1. The van der Waals surface area contributed by atoms with Crippen molar-refractivity contribution in [1.82, 2.24) is 4.90 Å². The average Bonchev–Trinajstić information content (AvgIpc) is 2.76. The molecule has 0 saturated carbocycles. The topological polar surface area (TPSA) is 83.6 Å². The van der Waals surface area contributed by atoms with Crippen LogP contribution < -0.4 is 5.73 Å². The SMILES string of the molecule is CCC(CCN)CCC(=O)N1CC(C)C(C(=O)O)C1. The van der Waals surface area contributed by atoms with E-state index >= 15 is 0 Å². The van der Waals surface area contributed by atoms with Crippen molar-refractivity contribution >= 4 is 11.9 Å². The molecule has 0 aromatic carbocycles. The number of nitrogens with two attached hydrogens (primary N) is 1. The van der Waals surface area contributed by atoms with Crippen molar-refractivity contribution in [1.29, 1.82) is 0 Å². The fourth-order valence-corrected chi connectivity index (χ4v) is 2.77. The molecule has 3 unspecified atom stereocenters. The van der Waals surface area contributed by atoms with Crippen LogP contribution in [0.2, 0.25) is 0 Å². The summed E-state index contributed by atoms with van der Waals surface area (Å²) >= 11 is 0. The van der Waals surface area contributed by atoms with Crippen LogP contribution in [0, 0.1) is 17.8 Å². The molecule has 1 aliphatic rings. The monoisotopic (exact) mass is 270 g/mol. The van der Waals surface area contributed by atoms with Crippen molar-refractivity contribution in [2.45, 2.75) is 39.5 Å². The van der Waals surface area contributed by atoms with Gasteiger partial charge >= 0.3 is 5.97 Å². The second-order valence-corrected chi connectivity index (χ2v) is 5.61. The second-order valence-electron chi connectivity index (χ2n) is 5.61. The molecule has 1 aliphatic heterocycles. The molecule has 0 radical (unpaired) electrons. The van der Waals surface area contributed by atoms with Crippen molar-refractivity contribution in [3.05, 3.63) is 0 Å². The van der Waals surface area contributed by atoms with E-state index in [1.54, 1.807) is 4.90 Å². The summed E-state index contributed by atoms with van der Waals surface area (Å²) in [5.41, 5.74) is 5.54. The highest BCUT2D eigenvalue weighted by Crippen LogP contribution is 2.24. The minimum atomic E-state index is -0.794. The fraction of sp³-hybridized carbons (Fsp3) is 0.857. The van der Waals surface area contributed by atoms with E-state index in [0.717, 1.165) is 19.3 Å². The lowest BCUT2D eigenvalue weighted by molar-refractivity contribution is -0.142. The lowest BCUT2D eigenvalue weighted by Gasteiger charge is -2.18. The number of hydrogen-bond donors (Lipinski definition) is 2. The van der Waals surface area contributed by atoms with Crippen LogP contribution in [-0.2, 0) is 9.59 Å². The number of rotatable bonds is 7. The summed E-state index contributed by atoms with van der Waals surface area (Å²) in [5.74, 6) is -0.560. The number of nitrogens with zero attached hydrogens (tertiary/aromatic N) is 1. The number of carbonyl (C=O) groups is 2. The molecular formula is C14H26N2O3. The van der Waals surface area contributed by atoms with Gasteiger partial charge in [-0.1, -0.05) is 20.3 Å². The Morgan fingerprint density at radius 2 is 2.05 bits per heavy atom. The van der Waals surface area contributed by atoms with Crippen molar-refractivity contribution in [3.63, 3.8) is 0 Å². The molecular weight excluding hydrogens is 244 g/mol. The second kappa shape index (κ2) is 7.48. The van der Waals surface area contributed by atoms with Crippen LogP contribution in [0.25, 0.3) is 0 Å². The Morgan fingerprint density at radius 3 is 2.53 bits per heavy atom. The van der Waals surface area contributed by atoms with E-state index in [1.807, 2.05) is 6.92 Å².